The van der Waals surface area contributed by atoms with Crippen LogP contribution < -0.4 is 0 Å². The molecule has 0 aliphatic heterocycles. The van der Waals surface area contributed by atoms with E-state index < -0.39 is 0 Å². The van der Waals surface area contributed by atoms with Crippen LogP contribution in [0.15, 0.2) is 34.4 Å². The topological polar surface area (TPSA) is 0 Å². The summed E-state index contributed by atoms with van der Waals surface area (Å²) in [5.41, 5.74) is 1.57. The molecule has 0 N–H and O–H groups in total. The van der Waals surface area contributed by atoms with E-state index in [9.17, 15) is 0 Å². The molecule has 1 rings (SSSR count). The Morgan fingerprint density at radius 2 is 1.86 bits per heavy atom. The summed E-state index contributed by atoms with van der Waals surface area (Å²) < 4.78 is 1.19. The highest BCUT2D eigenvalue weighted by atomic mass is 79.9. The molecule has 0 fully saturated rings. The Balaban J connectivity index is 0.000000791. The molecule has 0 amide bonds. The Labute approximate surface area is 96.9 Å². The zero-order chi connectivity index (χ0) is 11.2. The van der Waals surface area contributed by atoms with Crippen molar-refractivity contribution in [1.82, 2.24) is 0 Å². The van der Waals surface area contributed by atoms with Crippen LogP contribution in [0.5, 0.6) is 0 Å². The lowest BCUT2D eigenvalue weighted by Crippen LogP contribution is -2.03. The molecule has 0 spiro atoms. The van der Waals surface area contributed by atoms with Gasteiger partial charge in [0.05, 0.1) is 0 Å². The van der Waals surface area contributed by atoms with E-state index in [0.29, 0.717) is 0 Å². The minimum atomic E-state index is 0.177. The van der Waals surface area contributed by atoms with Crippen molar-refractivity contribution in [1.29, 1.82) is 0 Å². The van der Waals surface area contributed by atoms with E-state index >= 15 is 0 Å². The van der Waals surface area contributed by atoms with Gasteiger partial charge in [0.2, 0.25) is 0 Å². The first-order valence-corrected chi connectivity index (χ1v) is 6.02. The van der Waals surface area contributed by atoms with Crippen molar-refractivity contribution in [3.63, 3.8) is 0 Å². The van der Waals surface area contributed by atoms with E-state index in [2.05, 4.69) is 61.0 Å². The van der Waals surface area contributed by atoms with Crippen LogP contribution in [0.2, 0.25) is 0 Å². The monoisotopic (exact) mass is 256 g/mol. The average Bonchev–Trinajstić information content (AvgIpc) is 2.03. The summed E-state index contributed by atoms with van der Waals surface area (Å²) in [5.74, 6) is 0. The van der Waals surface area contributed by atoms with Gasteiger partial charge in [-0.1, -0.05) is 67.4 Å². The fourth-order valence-electron chi connectivity index (χ4n) is 1.29. The summed E-state index contributed by atoms with van der Waals surface area (Å²) in [5, 5.41) is 0. The lowest BCUT2D eigenvalue weighted by Gasteiger charge is -2.17. The van der Waals surface area contributed by atoms with Gasteiger partial charge in [-0.05, 0) is 19.4 Å². The number of hydrogen-bond acceptors (Lipinski definition) is 0. The van der Waals surface area contributed by atoms with Gasteiger partial charge in [0.1, 0.15) is 0 Å². The smallest absolute Gasteiger partial charge is 0.0143 e. The molecule has 0 atom stereocenters. The Bertz CT molecular complexity index is 254. The summed E-state index contributed by atoms with van der Waals surface area (Å²) in [4.78, 5) is 0. The van der Waals surface area contributed by atoms with Crippen molar-refractivity contribution < 1.29 is 0 Å². The van der Waals surface area contributed by atoms with Crippen LogP contribution in [0.3, 0.4) is 0 Å². The predicted octanol–water partition coefficient (Wildman–Crippen LogP) is 5.22. The highest BCUT2D eigenvalue weighted by Gasteiger charge is 2.11. The first kappa shape index (κ1) is 13.7. The van der Waals surface area contributed by atoms with Gasteiger partial charge in [-0.15, -0.1) is 0 Å². The molecule has 0 bridgehead atoms. The van der Waals surface area contributed by atoms with Crippen molar-refractivity contribution in [3.8, 4) is 0 Å². The molecular weight excluding hydrogens is 236 g/mol. The SMILES string of the molecule is CC.CC1=C/C(Br)=C\C(C)(C)/C=C\C1. The van der Waals surface area contributed by atoms with Crippen LogP contribution in [0, 0.1) is 5.41 Å². The van der Waals surface area contributed by atoms with Crippen molar-refractivity contribution in [2.75, 3.05) is 0 Å². The number of hydrogen-bond donors (Lipinski definition) is 0. The Morgan fingerprint density at radius 3 is 2.43 bits per heavy atom. The second-order valence-corrected chi connectivity index (χ2v) is 4.86. The van der Waals surface area contributed by atoms with Crippen LogP contribution in [0.4, 0.5) is 0 Å². The third-order valence-corrected chi connectivity index (χ3v) is 2.34. The number of allylic oxidation sites excluding steroid dienone is 6. The summed E-state index contributed by atoms with van der Waals surface area (Å²) in [7, 11) is 0. The number of halogens is 1. The van der Waals surface area contributed by atoms with E-state index in [0.717, 1.165) is 6.42 Å². The average molecular weight is 257 g/mol. The maximum atomic E-state index is 3.54. The van der Waals surface area contributed by atoms with Gasteiger partial charge in [0.25, 0.3) is 0 Å². The molecule has 0 radical (unpaired) electrons. The molecule has 0 aromatic rings. The largest absolute Gasteiger partial charge is 0.0836 e. The number of rotatable bonds is 0. The van der Waals surface area contributed by atoms with Crippen molar-refractivity contribution in [2.45, 2.75) is 41.0 Å². The van der Waals surface area contributed by atoms with Crippen molar-refractivity contribution in [2.24, 2.45) is 5.41 Å². The van der Waals surface area contributed by atoms with Gasteiger partial charge in [-0.25, -0.2) is 0 Å². The molecular formula is C13H21Br. The molecule has 1 heteroatoms. The highest BCUT2D eigenvalue weighted by molar-refractivity contribution is 9.11. The lowest BCUT2D eigenvalue weighted by molar-refractivity contribution is 0.622. The van der Waals surface area contributed by atoms with E-state index in [1.807, 2.05) is 13.8 Å². The molecule has 14 heavy (non-hydrogen) atoms. The van der Waals surface area contributed by atoms with Crippen LogP contribution in [-0.2, 0) is 0 Å². The summed E-state index contributed by atoms with van der Waals surface area (Å²) in [6.45, 7) is 10.6. The van der Waals surface area contributed by atoms with Gasteiger partial charge in [-0.2, -0.15) is 0 Å². The zero-order valence-corrected chi connectivity index (χ0v) is 11.5. The van der Waals surface area contributed by atoms with Crippen LogP contribution in [0.25, 0.3) is 0 Å². The molecule has 0 aromatic carbocycles. The van der Waals surface area contributed by atoms with E-state index in [-0.39, 0.29) is 5.41 Å². The maximum absolute atomic E-state index is 3.54. The molecule has 1 aliphatic rings. The standard InChI is InChI=1S/C11H15Br.C2H6/c1-9-5-4-6-11(2,3)8-10(12)7-9;1-2/h4,6-8H,5H2,1-3H3;1-2H3/b6-4-,9-7?,10-8+;. The third kappa shape index (κ3) is 5.43. The fraction of sp³-hybridized carbons (Fsp3) is 0.538. The molecule has 0 nitrogen and oxygen atoms in total. The molecule has 0 saturated carbocycles. The minimum Gasteiger partial charge on any atom is -0.0836 e. The van der Waals surface area contributed by atoms with E-state index in [1.54, 1.807) is 0 Å². The summed E-state index contributed by atoms with van der Waals surface area (Å²) >= 11 is 3.54. The lowest BCUT2D eigenvalue weighted by atomic mass is 9.90. The molecule has 0 heterocycles. The Morgan fingerprint density at radius 1 is 1.29 bits per heavy atom. The second kappa shape index (κ2) is 6.23. The van der Waals surface area contributed by atoms with Gasteiger partial charge < -0.3 is 0 Å². The first-order chi connectivity index (χ1) is 6.49. The molecule has 80 valence electrons. The molecule has 0 aromatic heterocycles. The van der Waals surface area contributed by atoms with E-state index in [1.165, 1.54) is 10.1 Å². The fourth-order valence-corrected chi connectivity index (χ4v) is 2.27. The summed E-state index contributed by atoms with van der Waals surface area (Å²) in [6.07, 6.45) is 9.97. The van der Waals surface area contributed by atoms with E-state index in [4.69, 9.17) is 0 Å². The van der Waals surface area contributed by atoms with Crippen LogP contribution >= 0.6 is 15.9 Å². The van der Waals surface area contributed by atoms with Gasteiger partial charge in [0, 0.05) is 9.90 Å². The van der Waals surface area contributed by atoms with Crippen LogP contribution in [-0.4, -0.2) is 0 Å². The minimum absolute atomic E-state index is 0.177. The molecule has 0 saturated heterocycles. The Hall–Kier alpha value is -0.300. The first-order valence-electron chi connectivity index (χ1n) is 5.23. The normalized spacial score (nSPS) is 25.6. The van der Waals surface area contributed by atoms with Gasteiger partial charge in [-0.3, -0.25) is 0 Å². The Kier molecular flexibility index (Phi) is 6.10. The quantitative estimate of drug-likeness (QED) is 0.521. The maximum Gasteiger partial charge on any atom is 0.0143 e. The second-order valence-electron chi connectivity index (χ2n) is 3.95. The molecule has 0 unspecified atom stereocenters. The van der Waals surface area contributed by atoms with Crippen molar-refractivity contribution in [3.05, 3.63) is 34.4 Å². The van der Waals surface area contributed by atoms with Crippen molar-refractivity contribution >= 4 is 15.9 Å². The van der Waals surface area contributed by atoms with Gasteiger partial charge >= 0.3 is 0 Å². The highest BCUT2D eigenvalue weighted by Crippen LogP contribution is 2.27. The third-order valence-electron chi connectivity index (χ3n) is 1.88. The van der Waals surface area contributed by atoms with Crippen LogP contribution in [0.1, 0.15) is 41.0 Å². The summed E-state index contributed by atoms with van der Waals surface area (Å²) in [6, 6.07) is 0. The molecule has 1 aliphatic carbocycles. The predicted molar refractivity (Wildman–Crippen MR) is 69.7 cm³/mol. The zero-order valence-electron chi connectivity index (χ0n) is 9.89. The van der Waals surface area contributed by atoms with Gasteiger partial charge in [0.15, 0.2) is 0 Å².